The Labute approximate surface area is 564 Å². The van der Waals surface area contributed by atoms with Crippen LogP contribution in [0.5, 0.6) is 11.8 Å². The van der Waals surface area contributed by atoms with Crippen molar-refractivity contribution >= 4 is 17.8 Å². The number of alkyl halides is 4. The molecule has 15 unspecified atom stereocenters. The normalized spacial score (nSPS) is 31.9. The molecule has 1 aromatic carbocycles. The van der Waals surface area contributed by atoms with Gasteiger partial charge in [-0.3, -0.25) is 9.59 Å². The molecule has 4 aromatic heterocycles. The largest absolute Gasteiger partial charge is 0.474 e. The Morgan fingerprint density at radius 2 is 1.08 bits per heavy atom. The summed E-state index contributed by atoms with van der Waals surface area (Å²) in [4.78, 5) is 57.9. The minimum absolute atomic E-state index is 0.0135. The molecule has 8 aliphatic carbocycles. The van der Waals surface area contributed by atoms with E-state index in [-0.39, 0.29) is 73.9 Å². The number of aryl methyl sites for hydroxylation is 1. The summed E-state index contributed by atoms with van der Waals surface area (Å²) in [6, 6.07) is 14.0. The monoisotopic (exact) mass is 1360 g/mol. The van der Waals surface area contributed by atoms with Crippen molar-refractivity contribution in [2.75, 3.05) is 33.0 Å². The summed E-state index contributed by atoms with van der Waals surface area (Å²) in [6.07, 6.45) is 28.2. The van der Waals surface area contributed by atoms with Gasteiger partial charge in [0, 0.05) is 42.0 Å². The summed E-state index contributed by atoms with van der Waals surface area (Å²) >= 11 is 0. The molecule has 0 radical (unpaired) electrons. The predicted octanol–water partition coefficient (Wildman–Crippen LogP) is 16.2. The summed E-state index contributed by atoms with van der Waals surface area (Å²) < 4.78 is 130. The van der Waals surface area contributed by atoms with Crippen molar-refractivity contribution in [3.8, 4) is 23.1 Å². The zero-order chi connectivity index (χ0) is 68.9. The van der Waals surface area contributed by atoms with Crippen molar-refractivity contribution in [2.45, 2.75) is 210 Å². The number of benzene rings is 1. The van der Waals surface area contributed by atoms with Gasteiger partial charge in [-0.1, -0.05) is 43.4 Å². The summed E-state index contributed by atoms with van der Waals surface area (Å²) in [5.74, 6) is 2.29. The first-order valence-corrected chi connectivity index (χ1v) is 35.3. The van der Waals surface area contributed by atoms with Gasteiger partial charge in [0.05, 0.1) is 55.9 Å². The lowest BCUT2D eigenvalue weighted by Gasteiger charge is -2.43. The van der Waals surface area contributed by atoms with Crippen LogP contribution in [0.3, 0.4) is 0 Å². The molecule has 15 rings (SSSR count). The maximum Gasteiger partial charge on any atom is 0.344 e. The van der Waals surface area contributed by atoms with E-state index < -0.39 is 58.1 Å². The number of aromatic nitrogens is 5. The number of amides is 1. The molecule has 8 saturated carbocycles. The van der Waals surface area contributed by atoms with E-state index in [2.05, 4.69) is 24.9 Å². The molecule has 10 fully saturated rings. The molecular formula is C75H94F8N6O8. The van der Waals surface area contributed by atoms with Gasteiger partial charge in [0.15, 0.2) is 11.5 Å². The van der Waals surface area contributed by atoms with Crippen LogP contribution in [-0.4, -0.2) is 121 Å². The minimum atomic E-state index is -1.72. The lowest BCUT2D eigenvalue weighted by molar-refractivity contribution is -0.163. The molecule has 97 heavy (non-hydrogen) atoms. The van der Waals surface area contributed by atoms with Crippen molar-refractivity contribution < 1.29 is 73.6 Å². The second-order valence-electron chi connectivity index (χ2n) is 28.6. The minimum Gasteiger partial charge on any atom is -0.474 e. The van der Waals surface area contributed by atoms with Gasteiger partial charge in [-0.25, -0.2) is 60.4 Å². The number of halogens is 8. The quantitative estimate of drug-likeness (QED) is 0.0670. The third kappa shape index (κ3) is 18.2. The lowest BCUT2D eigenvalue weighted by atomic mass is 9.77. The first-order valence-electron chi connectivity index (χ1n) is 35.3. The van der Waals surface area contributed by atoms with Gasteiger partial charge in [0.2, 0.25) is 23.4 Å². The average molecular weight is 1360 g/mol. The van der Waals surface area contributed by atoms with Gasteiger partial charge in [0.1, 0.15) is 42.0 Å². The number of nitrogens with zero attached hydrogens (tertiary/aromatic N) is 6. The summed E-state index contributed by atoms with van der Waals surface area (Å²) in [6.45, 7) is 5.88. The predicted molar refractivity (Wildman–Crippen MR) is 347 cm³/mol. The van der Waals surface area contributed by atoms with Crippen LogP contribution in [0.25, 0.3) is 11.4 Å². The Balaban J connectivity index is 0.000000136. The van der Waals surface area contributed by atoms with E-state index in [1.807, 2.05) is 32.0 Å². The number of aliphatic hydroxyl groups excluding tert-OH is 1. The van der Waals surface area contributed by atoms with Crippen LogP contribution in [0.1, 0.15) is 184 Å². The van der Waals surface area contributed by atoms with Crippen LogP contribution in [-0.2, 0) is 19.1 Å². The van der Waals surface area contributed by atoms with Crippen molar-refractivity contribution in [1.82, 2.24) is 29.8 Å². The molecule has 1 N–H and O–H groups in total. The first-order chi connectivity index (χ1) is 46.6. The fourth-order valence-corrected chi connectivity index (χ4v) is 17.1. The Morgan fingerprint density at radius 1 is 0.546 bits per heavy atom. The topological polar surface area (TPSA) is 176 Å². The molecule has 22 heteroatoms. The molecule has 10 aliphatic rings. The average Bonchev–Trinajstić information content (AvgIpc) is 1.65. The van der Waals surface area contributed by atoms with E-state index in [1.165, 1.54) is 56.4 Å². The highest BCUT2D eigenvalue weighted by molar-refractivity contribution is 6.01. The summed E-state index contributed by atoms with van der Waals surface area (Å²) in [7, 11) is 0. The molecule has 15 atom stereocenters. The van der Waals surface area contributed by atoms with E-state index in [4.69, 9.17) is 24.1 Å². The van der Waals surface area contributed by atoms with Gasteiger partial charge in [-0.2, -0.15) is 4.39 Å². The Hall–Kier alpha value is -6.84. The SMILES string of the molecule is CCOC(=O)C1(F)CCC2CCC1C2.CCOC(=O)C1CCC2CCC1C2.Cc1ccc(-c2ncccn2)c(C(=O)N2C3CCC2C(F)(COc2ccc(F)cn2)CC3)c1.Fc1ccc(F)nc1.Fc1ccc(OCC2(F)CCC3CCC2C3)nc1.OCC1(F)CCC2CCC1C2. The zero-order valence-corrected chi connectivity index (χ0v) is 56.0. The molecular weight excluding hydrogens is 1260 g/mol. The second kappa shape index (κ2) is 32.9. The van der Waals surface area contributed by atoms with Crippen LogP contribution >= 0.6 is 0 Å². The highest BCUT2D eigenvalue weighted by Gasteiger charge is 2.56. The number of piperidine rings is 1. The molecule has 2 saturated heterocycles. The van der Waals surface area contributed by atoms with Crippen LogP contribution in [0.2, 0.25) is 0 Å². The zero-order valence-electron chi connectivity index (χ0n) is 56.0. The van der Waals surface area contributed by atoms with Crippen LogP contribution in [0, 0.1) is 83.6 Å². The highest BCUT2D eigenvalue weighted by Crippen LogP contribution is 2.53. The molecule has 14 nitrogen and oxygen atoms in total. The van der Waals surface area contributed by atoms with Gasteiger partial charge in [-0.15, -0.1) is 0 Å². The molecule has 1 amide bonds. The molecule has 0 spiro atoms. The number of carbonyl (C=O) groups excluding carboxylic acids is 3. The third-order valence-corrected chi connectivity index (χ3v) is 22.5. The standard InChI is InChI=1S/C25H24F2N4O2.C14H17F2NO.C11H17FO2.C11H18O2.C9H15FO.C5H3F2N/c1-16-3-6-19(23-28-11-2-12-29-23)20(13-16)24(32)31-18-5-7-21(31)25(27,10-9-18)15-33-22-8-4-17(26)14-30-22;15-12-3-4-13(17-8-12)18-9-14(16)6-5-10-1-2-11(14)7-10;1-2-14-10(13)11(12)6-5-8-3-4-9(11)7-8;1-2-13-11(12)10-6-4-8-3-5-9(10)7-8;10-9(6-11)4-3-7-1-2-8(9)5-7;6-4-1-2-5(7)8-3-4/h2-4,6,8,11-14,18,21H,5,7,9-10,15H2,1H3;3-4,8,10-11H,1-2,5-7,9H2;8-9H,2-7H2,1H3;8-10H,2-7H2,1H3;7-8,11H,1-6H2;1-3H. The number of esters is 2. The van der Waals surface area contributed by atoms with E-state index in [9.17, 15) is 45.1 Å². The second-order valence-corrected chi connectivity index (χ2v) is 28.6. The van der Waals surface area contributed by atoms with E-state index >= 15 is 4.39 Å². The molecule has 6 heterocycles. The molecule has 5 aromatic rings. The third-order valence-electron chi connectivity index (χ3n) is 22.5. The van der Waals surface area contributed by atoms with E-state index in [0.717, 1.165) is 138 Å². The number of rotatable bonds is 13. The lowest BCUT2D eigenvalue weighted by Crippen LogP contribution is -2.58. The van der Waals surface area contributed by atoms with Crippen molar-refractivity contribution in [3.63, 3.8) is 0 Å². The highest BCUT2D eigenvalue weighted by atomic mass is 19.2. The Bertz CT molecular complexity index is 3350. The summed E-state index contributed by atoms with van der Waals surface area (Å²) in [5, 5.41) is 8.90. The number of pyridine rings is 3. The summed E-state index contributed by atoms with van der Waals surface area (Å²) in [5.41, 5.74) is -3.78. The smallest absolute Gasteiger partial charge is 0.344 e. The van der Waals surface area contributed by atoms with Crippen molar-refractivity contribution in [2.24, 2.45) is 53.3 Å². The number of fused-ring (bicyclic) bond motifs is 10. The maximum absolute atomic E-state index is 16.2. The number of hydrogen-bond acceptors (Lipinski definition) is 13. The number of hydrogen-bond donors (Lipinski definition) is 1. The Kier molecular flexibility index (Phi) is 24.7. The molecule has 10 bridgehead atoms. The van der Waals surface area contributed by atoms with Gasteiger partial charge < -0.3 is 29.0 Å². The first kappa shape index (κ1) is 72.9. The number of ether oxygens (including phenoxy) is 4. The van der Waals surface area contributed by atoms with Crippen LogP contribution in [0.4, 0.5) is 35.1 Å². The van der Waals surface area contributed by atoms with Gasteiger partial charge >= 0.3 is 11.9 Å². The van der Waals surface area contributed by atoms with Crippen LogP contribution in [0.15, 0.2) is 91.6 Å². The number of carbonyl (C=O) groups is 3. The van der Waals surface area contributed by atoms with Gasteiger partial charge in [0.25, 0.3) is 5.91 Å². The van der Waals surface area contributed by atoms with E-state index in [0.29, 0.717) is 79.8 Å². The number of aliphatic hydroxyl groups is 1. The molecule has 528 valence electrons. The van der Waals surface area contributed by atoms with Crippen molar-refractivity contribution in [1.29, 1.82) is 0 Å². The fraction of sp³-hybridized carbons (Fsp3) is 0.627. The van der Waals surface area contributed by atoms with Crippen molar-refractivity contribution in [3.05, 3.63) is 126 Å². The van der Waals surface area contributed by atoms with Gasteiger partial charge in [-0.05, 0) is 227 Å². The van der Waals surface area contributed by atoms with E-state index in [1.54, 1.807) is 30.3 Å². The Morgan fingerprint density at radius 3 is 1.67 bits per heavy atom. The van der Waals surface area contributed by atoms with Crippen LogP contribution < -0.4 is 9.47 Å². The fourth-order valence-electron chi connectivity index (χ4n) is 17.1. The maximum atomic E-state index is 16.2. The molecule has 2 aliphatic heterocycles.